The number of aryl methyl sites for hydroxylation is 1. The molecule has 108 valence electrons. The molecule has 20 heavy (non-hydrogen) atoms. The number of carboxylic acids is 1. The number of benzene rings is 1. The van der Waals surface area contributed by atoms with Gasteiger partial charge in [0.05, 0.1) is 0 Å². The predicted molar refractivity (Wildman–Crippen MR) is 79.3 cm³/mol. The highest BCUT2D eigenvalue weighted by molar-refractivity contribution is 5.91. The summed E-state index contributed by atoms with van der Waals surface area (Å²) < 4.78 is 0. The molecule has 0 saturated carbocycles. The molecule has 0 heterocycles. The van der Waals surface area contributed by atoms with Gasteiger partial charge in [-0.15, -0.1) is 0 Å². The third kappa shape index (κ3) is 6.73. The Kier molecular flexibility index (Phi) is 6.50. The molecule has 1 unspecified atom stereocenters. The van der Waals surface area contributed by atoms with Crippen LogP contribution >= 0.6 is 0 Å². The van der Waals surface area contributed by atoms with Crippen LogP contribution in [-0.2, 0) is 9.59 Å². The van der Waals surface area contributed by atoms with E-state index in [1.165, 1.54) is 11.6 Å². The van der Waals surface area contributed by atoms with E-state index in [0.29, 0.717) is 12.8 Å². The number of nitrogens with one attached hydrogen (secondary N) is 1. The minimum Gasteiger partial charge on any atom is -0.481 e. The number of amides is 1. The zero-order valence-corrected chi connectivity index (χ0v) is 11.9. The van der Waals surface area contributed by atoms with Crippen molar-refractivity contribution in [1.29, 1.82) is 0 Å². The van der Waals surface area contributed by atoms with Crippen molar-refractivity contribution in [3.05, 3.63) is 41.5 Å². The lowest BCUT2D eigenvalue weighted by molar-refractivity contribution is -0.137. The molecule has 4 nitrogen and oxygen atoms in total. The second kappa shape index (κ2) is 8.15. The average molecular weight is 275 g/mol. The number of hydrogen-bond acceptors (Lipinski definition) is 2. The Morgan fingerprint density at radius 3 is 2.55 bits per heavy atom. The maximum Gasteiger partial charge on any atom is 0.303 e. The molecule has 0 aromatic heterocycles. The van der Waals surface area contributed by atoms with Crippen molar-refractivity contribution < 1.29 is 14.7 Å². The van der Waals surface area contributed by atoms with Gasteiger partial charge in [0.2, 0.25) is 5.91 Å². The Bertz CT molecular complexity index is 477. The van der Waals surface area contributed by atoms with Gasteiger partial charge in [0, 0.05) is 18.5 Å². The van der Waals surface area contributed by atoms with E-state index in [0.717, 1.165) is 5.56 Å². The summed E-state index contributed by atoms with van der Waals surface area (Å²) >= 11 is 0. The summed E-state index contributed by atoms with van der Waals surface area (Å²) in [5, 5.41) is 11.4. The second-order valence-electron chi connectivity index (χ2n) is 4.94. The largest absolute Gasteiger partial charge is 0.481 e. The second-order valence-corrected chi connectivity index (χ2v) is 4.94. The van der Waals surface area contributed by atoms with E-state index in [1.54, 1.807) is 6.08 Å². The minimum absolute atomic E-state index is 0.0236. The van der Waals surface area contributed by atoms with Gasteiger partial charge in [0.25, 0.3) is 0 Å². The highest BCUT2D eigenvalue weighted by Gasteiger charge is 2.05. The molecule has 2 N–H and O–H groups in total. The van der Waals surface area contributed by atoms with E-state index in [4.69, 9.17) is 5.11 Å². The number of rotatable bonds is 7. The van der Waals surface area contributed by atoms with Crippen LogP contribution in [0.15, 0.2) is 30.3 Å². The fourth-order valence-electron chi connectivity index (χ4n) is 1.77. The average Bonchev–Trinajstić information content (AvgIpc) is 2.37. The maximum atomic E-state index is 11.7. The Morgan fingerprint density at radius 2 is 1.95 bits per heavy atom. The van der Waals surface area contributed by atoms with Crippen molar-refractivity contribution in [2.45, 2.75) is 39.2 Å². The van der Waals surface area contributed by atoms with Gasteiger partial charge >= 0.3 is 5.97 Å². The van der Waals surface area contributed by atoms with Crippen LogP contribution in [0.1, 0.15) is 37.3 Å². The van der Waals surface area contributed by atoms with Crippen LogP contribution in [0.2, 0.25) is 0 Å². The van der Waals surface area contributed by atoms with Gasteiger partial charge in [-0.3, -0.25) is 9.59 Å². The third-order valence-corrected chi connectivity index (χ3v) is 2.92. The highest BCUT2D eigenvalue weighted by atomic mass is 16.4. The first-order valence-corrected chi connectivity index (χ1v) is 6.74. The summed E-state index contributed by atoms with van der Waals surface area (Å²) in [6, 6.07) is 7.87. The summed E-state index contributed by atoms with van der Waals surface area (Å²) in [5.41, 5.74) is 2.16. The van der Waals surface area contributed by atoms with Gasteiger partial charge in [0.1, 0.15) is 0 Å². The van der Waals surface area contributed by atoms with E-state index >= 15 is 0 Å². The molecular weight excluding hydrogens is 254 g/mol. The molecule has 4 heteroatoms. The van der Waals surface area contributed by atoms with Gasteiger partial charge in [-0.2, -0.15) is 0 Å². The van der Waals surface area contributed by atoms with Crippen molar-refractivity contribution in [2.24, 2.45) is 0 Å². The van der Waals surface area contributed by atoms with Crippen molar-refractivity contribution in [1.82, 2.24) is 5.32 Å². The normalized spacial score (nSPS) is 12.3. The van der Waals surface area contributed by atoms with Crippen molar-refractivity contribution in [3.8, 4) is 0 Å². The molecule has 1 amide bonds. The third-order valence-electron chi connectivity index (χ3n) is 2.92. The van der Waals surface area contributed by atoms with Crippen LogP contribution < -0.4 is 5.32 Å². The SMILES string of the molecule is Cc1ccc(/C=C/C(=O)NC(C)CCCC(=O)O)cc1. The lowest BCUT2D eigenvalue weighted by atomic mass is 10.1. The first-order chi connectivity index (χ1) is 9.47. The lowest BCUT2D eigenvalue weighted by Gasteiger charge is -2.11. The maximum absolute atomic E-state index is 11.7. The summed E-state index contributed by atoms with van der Waals surface area (Å²) in [5.74, 6) is -0.962. The fraction of sp³-hybridized carbons (Fsp3) is 0.375. The topological polar surface area (TPSA) is 66.4 Å². The van der Waals surface area contributed by atoms with Crippen molar-refractivity contribution in [2.75, 3.05) is 0 Å². The van der Waals surface area contributed by atoms with Crippen LogP contribution in [-0.4, -0.2) is 23.0 Å². The molecular formula is C16H21NO3. The molecule has 0 bridgehead atoms. The Hall–Kier alpha value is -2.10. The first kappa shape index (κ1) is 16.0. The van der Waals surface area contributed by atoms with Crippen molar-refractivity contribution >= 4 is 18.0 Å². The van der Waals surface area contributed by atoms with Crippen LogP contribution in [0.4, 0.5) is 0 Å². The van der Waals surface area contributed by atoms with E-state index in [-0.39, 0.29) is 18.4 Å². The highest BCUT2D eigenvalue weighted by Crippen LogP contribution is 2.05. The minimum atomic E-state index is -0.803. The van der Waals surface area contributed by atoms with E-state index in [2.05, 4.69) is 5.32 Å². The quantitative estimate of drug-likeness (QED) is 0.752. The van der Waals surface area contributed by atoms with Gasteiger partial charge in [-0.05, 0) is 38.3 Å². The van der Waals surface area contributed by atoms with Crippen LogP contribution in [0.5, 0.6) is 0 Å². The van der Waals surface area contributed by atoms with E-state index in [1.807, 2.05) is 38.1 Å². The molecule has 0 aliphatic carbocycles. The molecule has 0 spiro atoms. The summed E-state index contributed by atoms with van der Waals surface area (Å²) in [6.07, 6.45) is 4.63. The molecule has 1 rings (SSSR count). The monoisotopic (exact) mass is 275 g/mol. The van der Waals surface area contributed by atoms with Crippen LogP contribution in [0, 0.1) is 6.92 Å². The van der Waals surface area contributed by atoms with E-state index < -0.39 is 5.97 Å². The Balaban J connectivity index is 2.35. The molecule has 1 atom stereocenters. The lowest BCUT2D eigenvalue weighted by Crippen LogP contribution is -2.31. The molecule has 0 saturated heterocycles. The number of carbonyl (C=O) groups is 2. The molecule has 1 aromatic rings. The fourth-order valence-corrected chi connectivity index (χ4v) is 1.77. The molecule has 0 aliphatic heterocycles. The predicted octanol–water partition coefficient (Wildman–Crippen LogP) is 2.77. The number of carboxylic acid groups (broad SMARTS) is 1. The molecule has 0 radical (unpaired) electrons. The number of hydrogen-bond donors (Lipinski definition) is 2. The van der Waals surface area contributed by atoms with Gasteiger partial charge < -0.3 is 10.4 Å². The Labute approximate surface area is 119 Å². The van der Waals surface area contributed by atoms with Gasteiger partial charge in [-0.25, -0.2) is 0 Å². The van der Waals surface area contributed by atoms with Gasteiger partial charge in [-0.1, -0.05) is 29.8 Å². The Morgan fingerprint density at radius 1 is 1.30 bits per heavy atom. The number of aliphatic carboxylic acids is 1. The van der Waals surface area contributed by atoms with E-state index in [9.17, 15) is 9.59 Å². The molecule has 0 fully saturated rings. The summed E-state index contributed by atoms with van der Waals surface area (Å²) in [6.45, 7) is 3.89. The number of carbonyl (C=O) groups excluding carboxylic acids is 1. The first-order valence-electron chi connectivity index (χ1n) is 6.74. The molecule has 1 aromatic carbocycles. The zero-order chi connectivity index (χ0) is 15.0. The van der Waals surface area contributed by atoms with Crippen LogP contribution in [0.3, 0.4) is 0 Å². The summed E-state index contributed by atoms with van der Waals surface area (Å²) in [7, 11) is 0. The van der Waals surface area contributed by atoms with Crippen molar-refractivity contribution in [3.63, 3.8) is 0 Å². The van der Waals surface area contributed by atoms with Crippen LogP contribution in [0.25, 0.3) is 6.08 Å². The zero-order valence-electron chi connectivity index (χ0n) is 11.9. The summed E-state index contributed by atoms with van der Waals surface area (Å²) in [4.78, 5) is 22.1. The molecule has 0 aliphatic rings. The standard InChI is InChI=1S/C16H21NO3/c1-12-6-8-14(9-7-12)10-11-15(18)17-13(2)4-3-5-16(19)20/h6-11,13H,3-5H2,1-2H3,(H,17,18)(H,19,20)/b11-10+. The smallest absolute Gasteiger partial charge is 0.303 e. The van der Waals surface area contributed by atoms with Gasteiger partial charge in [0.15, 0.2) is 0 Å².